The normalized spacial score (nSPS) is 18.8. The molecule has 0 amide bonds. The zero-order valence-electron chi connectivity index (χ0n) is 9.92. The zero-order chi connectivity index (χ0) is 11.7. The van der Waals surface area contributed by atoms with Crippen molar-refractivity contribution in [3.63, 3.8) is 0 Å². The van der Waals surface area contributed by atoms with E-state index in [1.165, 1.54) is 30.9 Å². The lowest BCUT2D eigenvalue weighted by Gasteiger charge is -2.16. The molecule has 1 nitrogen and oxygen atoms in total. The molecular formula is C15H17FO. The highest BCUT2D eigenvalue weighted by Gasteiger charge is 2.22. The molecule has 0 atom stereocenters. The Morgan fingerprint density at radius 3 is 2.71 bits per heavy atom. The summed E-state index contributed by atoms with van der Waals surface area (Å²) in [5.74, 6) is 1.17. The van der Waals surface area contributed by atoms with Crippen molar-refractivity contribution >= 4 is 6.08 Å². The summed E-state index contributed by atoms with van der Waals surface area (Å²) in [5, 5.41) is 0. The molecule has 90 valence electrons. The van der Waals surface area contributed by atoms with Gasteiger partial charge in [-0.25, -0.2) is 4.39 Å². The second-order valence-corrected chi connectivity index (χ2v) is 5.13. The Morgan fingerprint density at radius 1 is 1.24 bits per heavy atom. The molecule has 2 heteroatoms. The molecule has 2 saturated carbocycles. The Balaban J connectivity index is 1.73. The Labute approximate surface area is 101 Å². The van der Waals surface area contributed by atoms with E-state index in [0.717, 1.165) is 25.0 Å². The molecule has 0 heterocycles. The maximum Gasteiger partial charge on any atom is 0.127 e. The molecule has 0 unspecified atom stereocenters. The number of allylic oxidation sites excluding steroid dienone is 1. The number of hydrogen-bond acceptors (Lipinski definition) is 1. The smallest absolute Gasteiger partial charge is 0.127 e. The van der Waals surface area contributed by atoms with Gasteiger partial charge < -0.3 is 4.74 Å². The Morgan fingerprint density at radius 2 is 2.06 bits per heavy atom. The van der Waals surface area contributed by atoms with Crippen LogP contribution in [0.1, 0.15) is 37.7 Å². The molecule has 0 spiro atoms. The molecule has 2 aliphatic rings. The lowest BCUT2D eigenvalue weighted by Crippen LogP contribution is -2.00. The SMILES string of the molecule is Fc1cc(C=C2CCC2)cc(OCC2CC2)c1. The summed E-state index contributed by atoms with van der Waals surface area (Å²) in [4.78, 5) is 0. The van der Waals surface area contributed by atoms with Crippen LogP contribution in [0.4, 0.5) is 4.39 Å². The molecule has 0 saturated heterocycles. The number of halogens is 1. The van der Waals surface area contributed by atoms with E-state index in [0.29, 0.717) is 11.7 Å². The number of hydrogen-bond donors (Lipinski definition) is 0. The van der Waals surface area contributed by atoms with Gasteiger partial charge in [-0.2, -0.15) is 0 Å². The molecule has 0 radical (unpaired) electrons. The van der Waals surface area contributed by atoms with Gasteiger partial charge in [0.05, 0.1) is 6.61 Å². The summed E-state index contributed by atoms with van der Waals surface area (Å²) < 4.78 is 19.0. The van der Waals surface area contributed by atoms with Crippen molar-refractivity contribution in [3.8, 4) is 5.75 Å². The van der Waals surface area contributed by atoms with Crippen LogP contribution >= 0.6 is 0 Å². The first-order valence-electron chi connectivity index (χ1n) is 6.42. The van der Waals surface area contributed by atoms with E-state index in [1.54, 1.807) is 6.07 Å². The van der Waals surface area contributed by atoms with Gasteiger partial charge in [0, 0.05) is 6.07 Å². The van der Waals surface area contributed by atoms with E-state index in [9.17, 15) is 4.39 Å². The summed E-state index contributed by atoms with van der Waals surface area (Å²) >= 11 is 0. The molecular weight excluding hydrogens is 215 g/mol. The topological polar surface area (TPSA) is 9.23 Å². The lowest BCUT2D eigenvalue weighted by molar-refractivity contribution is 0.298. The molecule has 0 bridgehead atoms. The van der Waals surface area contributed by atoms with E-state index in [4.69, 9.17) is 4.74 Å². The fourth-order valence-electron chi connectivity index (χ4n) is 2.01. The second kappa shape index (κ2) is 4.52. The molecule has 0 N–H and O–H groups in total. The molecule has 1 aromatic rings. The van der Waals surface area contributed by atoms with Crippen molar-refractivity contribution in [2.45, 2.75) is 32.1 Å². The largest absolute Gasteiger partial charge is 0.493 e. The van der Waals surface area contributed by atoms with Gasteiger partial charge >= 0.3 is 0 Å². The maximum atomic E-state index is 13.4. The summed E-state index contributed by atoms with van der Waals surface area (Å²) in [6, 6.07) is 5.00. The summed E-state index contributed by atoms with van der Waals surface area (Å²) in [5.41, 5.74) is 2.36. The highest BCUT2D eigenvalue weighted by atomic mass is 19.1. The molecule has 17 heavy (non-hydrogen) atoms. The highest BCUT2D eigenvalue weighted by Crippen LogP contribution is 2.31. The molecule has 2 aliphatic carbocycles. The van der Waals surface area contributed by atoms with Crippen LogP contribution in [-0.2, 0) is 0 Å². The minimum Gasteiger partial charge on any atom is -0.493 e. The lowest BCUT2D eigenvalue weighted by atomic mass is 9.91. The zero-order valence-corrected chi connectivity index (χ0v) is 9.92. The van der Waals surface area contributed by atoms with Gasteiger partial charge in [0.25, 0.3) is 0 Å². The summed E-state index contributed by atoms with van der Waals surface area (Å²) in [6.07, 6.45) is 8.20. The van der Waals surface area contributed by atoms with E-state index in [-0.39, 0.29) is 5.82 Å². The van der Waals surface area contributed by atoms with Crippen LogP contribution in [0.25, 0.3) is 6.08 Å². The average Bonchev–Trinajstić information content (AvgIpc) is 3.04. The van der Waals surface area contributed by atoms with Crippen molar-refractivity contribution < 1.29 is 9.13 Å². The van der Waals surface area contributed by atoms with Gasteiger partial charge in [0.2, 0.25) is 0 Å². The van der Waals surface area contributed by atoms with Crippen LogP contribution in [0, 0.1) is 11.7 Å². The van der Waals surface area contributed by atoms with Crippen molar-refractivity contribution in [1.29, 1.82) is 0 Å². The Kier molecular flexibility index (Phi) is 2.87. The maximum absolute atomic E-state index is 13.4. The fourth-order valence-corrected chi connectivity index (χ4v) is 2.01. The third kappa shape index (κ3) is 2.87. The van der Waals surface area contributed by atoms with Gasteiger partial charge in [-0.1, -0.05) is 11.6 Å². The van der Waals surface area contributed by atoms with Gasteiger partial charge in [-0.05, 0) is 55.7 Å². The minimum atomic E-state index is -0.204. The molecule has 2 fully saturated rings. The Bertz CT molecular complexity index is 440. The van der Waals surface area contributed by atoms with Crippen molar-refractivity contribution in [3.05, 3.63) is 35.2 Å². The predicted molar refractivity (Wildman–Crippen MR) is 66.4 cm³/mol. The van der Waals surface area contributed by atoms with Gasteiger partial charge in [-0.3, -0.25) is 0 Å². The highest BCUT2D eigenvalue weighted by molar-refractivity contribution is 5.56. The quantitative estimate of drug-likeness (QED) is 0.756. The first kappa shape index (κ1) is 10.8. The molecule has 0 aliphatic heterocycles. The first-order chi connectivity index (χ1) is 8.29. The molecule has 1 aromatic carbocycles. The van der Waals surface area contributed by atoms with Crippen LogP contribution in [0.2, 0.25) is 0 Å². The summed E-state index contributed by atoms with van der Waals surface area (Å²) in [7, 11) is 0. The van der Waals surface area contributed by atoms with Crippen molar-refractivity contribution in [2.24, 2.45) is 5.92 Å². The van der Waals surface area contributed by atoms with E-state index in [1.807, 2.05) is 6.07 Å². The predicted octanol–water partition coefficient (Wildman–Crippen LogP) is 4.18. The van der Waals surface area contributed by atoms with E-state index >= 15 is 0 Å². The third-order valence-corrected chi connectivity index (χ3v) is 3.44. The van der Waals surface area contributed by atoms with E-state index in [2.05, 4.69) is 6.08 Å². The van der Waals surface area contributed by atoms with Gasteiger partial charge in [0.1, 0.15) is 11.6 Å². The van der Waals surface area contributed by atoms with Gasteiger partial charge in [-0.15, -0.1) is 0 Å². The number of benzene rings is 1. The number of rotatable bonds is 4. The first-order valence-corrected chi connectivity index (χ1v) is 6.42. The standard InChI is InChI=1S/C15H17FO/c16-14-7-13(6-11-2-1-3-11)8-15(9-14)17-10-12-4-5-12/h6-9,12H,1-5,10H2. The molecule has 0 aromatic heterocycles. The number of ether oxygens (including phenoxy) is 1. The second-order valence-electron chi connectivity index (χ2n) is 5.13. The minimum absolute atomic E-state index is 0.204. The van der Waals surface area contributed by atoms with Crippen LogP contribution in [0.5, 0.6) is 5.75 Å². The fraction of sp³-hybridized carbons (Fsp3) is 0.467. The van der Waals surface area contributed by atoms with Crippen LogP contribution in [0.15, 0.2) is 23.8 Å². The molecule has 3 rings (SSSR count). The van der Waals surface area contributed by atoms with Gasteiger partial charge in [0.15, 0.2) is 0 Å². The monoisotopic (exact) mass is 232 g/mol. The van der Waals surface area contributed by atoms with E-state index < -0.39 is 0 Å². The third-order valence-electron chi connectivity index (χ3n) is 3.44. The summed E-state index contributed by atoms with van der Waals surface area (Å²) in [6.45, 7) is 0.736. The Hall–Kier alpha value is -1.31. The van der Waals surface area contributed by atoms with Crippen LogP contribution in [-0.4, -0.2) is 6.61 Å². The van der Waals surface area contributed by atoms with Crippen LogP contribution in [0.3, 0.4) is 0 Å². The van der Waals surface area contributed by atoms with Crippen LogP contribution < -0.4 is 4.74 Å². The van der Waals surface area contributed by atoms with Crippen molar-refractivity contribution in [1.82, 2.24) is 0 Å². The average molecular weight is 232 g/mol. The van der Waals surface area contributed by atoms with Crippen molar-refractivity contribution in [2.75, 3.05) is 6.61 Å².